The molecule has 2 aromatic carbocycles. The average molecular weight is 452 g/mol. The second kappa shape index (κ2) is 8.64. The monoisotopic (exact) mass is 451 g/mol. The molecular formula is C22H21N5O4S. The van der Waals surface area contributed by atoms with E-state index in [1.54, 1.807) is 24.1 Å². The van der Waals surface area contributed by atoms with Gasteiger partial charge in [0.15, 0.2) is 5.16 Å². The lowest BCUT2D eigenvalue weighted by Gasteiger charge is -2.26. The Morgan fingerprint density at radius 3 is 2.75 bits per heavy atom. The summed E-state index contributed by atoms with van der Waals surface area (Å²) in [6, 6.07) is 14.6. The molecule has 3 heterocycles. The molecule has 0 unspecified atom stereocenters. The summed E-state index contributed by atoms with van der Waals surface area (Å²) < 4.78 is 14.0. The third-order valence-electron chi connectivity index (χ3n) is 5.39. The number of thioether (sulfide) groups is 1. The van der Waals surface area contributed by atoms with Crippen LogP contribution in [-0.2, 0) is 9.53 Å². The quantitative estimate of drug-likeness (QED) is 0.429. The molecule has 1 saturated heterocycles. The van der Waals surface area contributed by atoms with Crippen LogP contribution in [0.15, 0.2) is 58.5 Å². The molecule has 0 aliphatic carbocycles. The molecule has 1 aliphatic rings. The van der Waals surface area contributed by atoms with E-state index in [4.69, 9.17) is 9.47 Å². The number of amides is 1. The van der Waals surface area contributed by atoms with Crippen molar-refractivity contribution in [2.24, 2.45) is 0 Å². The minimum atomic E-state index is -0.199. The highest BCUT2D eigenvalue weighted by Crippen LogP contribution is 2.24. The Morgan fingerprint density at radius 1 is 1.12 bits per heavy atom. The van der Waals surface area contributed by atoms with E-state index in [1.165, 1.54) is 16.3 Å². The van der Waals surface area contributed by atoms with Crippen LogP contribution in [0.5, 0.6) is 5.75 Å². The molecule has 164 valence electrons. The van der Waals surface area contributed by atoms with E-state index in [-0.39, 0.29) is 17.2 Å². The molecule has 2 aromatic heterocycles. The summed E-state index contributed by atoms with van der Waals surface area (Å²) in [5, 5.41) is 9.73. The van der Waals surface area contributed by atoms with Crippen molar-refractivity contribution in [3.05, 3.63) is 58.9 Å². The van der Waals surface area contributed by atoms with Crippen LogP contribution in [0.2, 0.25) is 0 Å². The lowest BCUT2D eigenvalue weighted by atomic mass is 10.2. The Labute approximate surface area is 187 Å². The van der Waals surface area contributed by atoms with Crippen molar-refractivity contribution in [1.29, 1.82) is 0 Å². The molecule has 9 nitrogen and oxygen atoms in total. The van der Waals surface area contributed by atoms with E-state index < -0.39 is 0 Å². The molecule has 32 heavy (non-hydrogen) atoms. The number of hydrogen-bond donors (Lipinski definition) is 0. The van der Waals surface area contributed by atoms with Crippen LogP contribution in [-0.4, -0.2) is 69.1 Å². The Balaban J connectivity index is 1.61. The molecule has 0 radical (unpaired) electrons. The number of methoxy groups -OCH3 is 1. The van der Waals surface area contributed by atoms with E-state index in [0.29, 0.717) is 59.6 Å². The molecule has 1 fully saturated rings. The number of rotatable bonds is 5. The maximum Gasteiger partial charge on any atom is 0.267 e. The minimum Gasteiger partial charge on any atom is -0.497 e. The third-order valence-corrected chi connectivity index (χ3v) is 6.31. The van der Waals surface area contributed by atoms with Crippen molar-refractivity contribution in [2.45, 2.75) is 5.16 Å². The maximum absolute atomic E-state index is 13.4. The molecule has 0 atom stereocenters. The number of hydrogen-bond acceptors (Lipinski definition) is 7. The van der Waals surface area contributed by atoms with Crippen molar-refractivity contribution in [2.75, 3.05) is 39.2 Å². The van der Waals surface area contributed by atoms with Gasteiger partial charge in [-0.15, -0.1) is 10.2 Å². The number of benzene rings is 2. The number of ether oxygens (including phenoxy) is 2. The van der Waals surface area contributed by atoms with Gasteiger partial charge in [-0.3, -0.25) is 14.0 Å². The van der Waals surface area contributed by atoms with Gasteiger partial charge in [-0.05, 0) is 24.3 Å². The normalized spacial score (nSPS) is 14.2. The molecule has 0 spiro atoms. The Kier molecular flexibility index (Phi) is 5.54. The molecule has 1 amide bonds. The summed E-state index contributed by atoms with van der Waals surface area (Å²) in [5.41, 5.74) is 1.12. The van der Waals surface area contributed by atoms with E-state index in [9.17, 15) is 9.59 Å². The van der Waals surface area contributed by atoms with Gasteiger partial charge in [-0.1, -0.05) is 30.0 Å². The summed E-state index contributed by atoms with van der Waals surface area (Å²) in [7, 11) is 1.58. The zero-order chi connectivity index (χ0) is 22.1. The highest BCUT2D eigenvalue weighted by Gasteiger charge is 2.21. The molecule has 10 heteroatoms. The zero-order valence-electron chi connectivity index (χ0n) is 17.4. The maximum atomic E-state index is 13.4. The minimum absolute atomic E-state index is 0.0282. The fourth-order valence-electron chi connectivity index (χ4n) is 3.78. The Morgan fingerprint density at radius 2 is 1.94 bits per heavy atom. The predicted octanol–water partition coefficient (Wildman–Crippen LogP) is 1.99. The van der Waals surface area contributed by atoms with E-state index >= 15 is 0 Å². The molecule has 1 aliphatic heterocycles. The first-order chi connectivity index (χ1) is 15.7. The number of aromatic nitrogens is 4. The van der Waals surface area contributed by atoms with Gasteiger partial charge >= 0.3 is 0 Å². The fourth-order valence-corrected chi connectivity index (χ4v) is 4.63. The summed E-state index contributed by atoms with van der Waals surface area (Å²) in [4.78, 5) is 27.8. The molecule has 0 saturated carbocycles. The van der Waals surface area contributed by atoms with Gasteiger partial charge < -0.3 is 14.4 Å². The van der Waals surface area contributed by atoms with Gasteiger partial charge in [0.25, 0.3) is 5.56 Å². The Hall–Kier alpha value is -3.37. The third kappa shape index (κ3) is 3.61. The molecule has 0 bridgehead atoms. The van der Waals surface area contributed by atoms with Crippen LogP contribution in [0.3, 0.4) is 0 Å². The number of nitrogens with zero attached hydrogens (tertiary/aromatic N) is 5. The van der Waals surface area contributed by atoms with Crippen LogP contribution >= 0.6 is 11.8 Å². The van der Waals surface area contributed by atoms with Gasteiger partial charge in [0.05, 0.1) is 42.7 Å². The molecular weight excluding hydrogens is 430 g/mol. The highest BCUT2D eigenvalue weighted by molar-refractivity contribution is 7.99. The van der Waals surface area contributed by atoms with Crippen molar-refractivity contribution in [3.8, 4) is 11.4 Å². The molecule has 5 rings (SSSR count). The topological polar surface area (TPSA) is 91.0 Å². The van der Waals surface area contributed by atoms with E-state index in [0.717, 1.165) is 0 Å². The van der Waals surface area contributed by atoms with E-state index in [1.807, 2.05) is 40.8 Å². The van der Waals surface area contributed by atoms with E-state index in [2.05, 4.69) is 10.2 Å². The number of carbonyl (C=O) groups excluding carboxylic acids is 1. The van der Waals surface area contributed by atoms with Crippen molar-refractivity contribution in [3.63, 3.8) is 0 Å². The predicted molar refractivity (Wildman–Crippen MR) is 121 cm³/mol. The standard InChI is InChI=1S/C22H21N5O4S/c1-30-16-6-4-5-15(13-16)26-20(29)17-7-2-3-8-18(17)27-21(26)23-24-22(27)32-14-19(28)25-9-11-31-12-10-25/h2-8,13H,9-12,14H2,1H3. The van der Waals surface area contributed by atoms with Crippen LogP contribution in [0.1, 0.15) is 0 Å². The van der Waals surface area contributed by atoms with Gasteiger partial charge in [-0.25, -0.2) is 4.57 Å². The summed E-state index contributed by atoms with van der Waals surface area (Å²) in [6.45, 7) is 2.31. The summed E-state index contributed by atoms with van der Waals surface area (Å²) in [5.74, 6) is 1.27. The van der Waals surface area contributed by atoms with Crippen LogP contribution in [0.25, 0.3) is 22.4 Å². The van der Waals surface area contributed by atoms with Crippen LogP contribution < -0.4 is 10.3 Å². The first-order valence-corrected chi connectivity index (χ1v) is 11.2. The van der Waals surface area contributed by atoms with Crippen LogP contribution in [0, 0.1) is 0 Å². The highest BCUT2D eigenvalue weighted by atomic mass is 32.2. The van der Waals surface area contributed by atoms with Crippen LogP contribution in [0.4, 0.5) is 0 Å². The molecule has 4 aromatic rings. The van der Waals surface area contributed by atoms with Gasteiger partial charge in [0.2, 0.25) is 11.7 Å². The molecule has 0 N–H and O–H groups in total. The second-order valence-electron chi connectivity index (χ2n) is 7.26. The number of fused-ring (bicyclic) bond motifs is 3. The van der Waals surface area contributed by atoms with Crippen molar-refractivity contribution >= 4 is 34.3 Å². The van der Waals surface area contributed by atoms with Gasteiger partial charge in [-0.2, -0.15) is 0 Å². The second-order valence-corrected chi connectivity index (χ2v) is 8.20. The van der Waals surface area contributed by atoms with Gasteiger partial charge in [0.1, 0.15) is 5.75 Å². The largest absolute Gasteiger partial charge is 0.497 e. The lowest BCUT2D eigenvalue weighted by molar-refractivity contribution is -0.132. The SMILES string of the molecule is COc1cccc(-n2c(=O)c3ccccc3n3c(SCC(=O)N4CCOCC4)nnc23)c1. The average Bonchev–Trinajstić information content (AvgIpc) is 3.27. The number of morpholine rings is 1. The Bertz CT molecular complexity index is 1360. The first-order valence-electron chi connectivity index (χ1n) is 10.2. The van der Waals surface area contributed by atoms with Gasteiger partial charge in [0, 0.05) is 19.2 Å². The fraction of sp³-hybridized carbons (Fsp3) is 0.273. The van der Waals surface area contributed by atoms with Crippen molar-refractivity contribution < 1.29 is 14.3 Å². The summed E-state index contributed by atoms with van der Waals surface area (Å²) in [6.07, 6.45) is 0. The zero-order valence-corrected chi connectivity index (χ0v) is 18.2. The smallest absolute Gasteiger partial charge is 0.267 e. The summed E-state index contributed by atoms with van der Waals surface area (Å²) >= 11 is 1.31. The number of para-hydroxylation sites is 1. The first kappa shape index (κ1) is 20.5. The van der Waals surface area contributed by atoms with Crippen molar-refractivity contribution in [1.82, 2.24) is 24.1 Å². The number of carbonyl (C=O) groups is 1. The lowest BCUT2D eigenvalue weighted by Crippen LogP contribution is -2.41.